The second-order valence-electron chi connectivity index (χ2n) is 3.51. The van der Waals surface area contributed by atoms with Crippen molar-refractivity contribution in [3.8, 4) is 0 Å². The number of nitrogens with zero attached hydrogens (tertiary/aromatic N) is 2. The van der Waals surface area contributed by atoms with Crippen LogP contribution in [0.25, 0.3) is 0 Å². The third-order valence-corrected chi connectivity index (χ3v) is 2.57. The summed E-state index contributed by atoms with van der Waals surface area (Å²) >= 11 is 3.26. The summed E-state index contributed by atoms with van der Waals surface area (Å²) in [5.41, 5.74) is 0.873. The van der Waals surface area contributed by atoms with Gasteiger partial charge in [-0.1, -0.05) is 15.9 Å². The predicted octanol–water partition coefficient (Wildman–Crippen LogP) is 2.93. The maximum Gasteiger partial charge on any atom is 0.148 e. The molecule has 0 fully saturated rings. The fraction of sp³-hybridized carbons (Fsp3) is 0.182. The minimum absolute atomic E-state index is 0.243. The molecule has 5 heteroatoms. The molecule has 0 amide bonds. The third kappa shape index (κ3) is 2.82. The first kappa shape index (κ1) is 11.1. The highest BCUT2D eigenvalue weighted by molar-refractivity contribution is 9.10. The van der Waals surface area contributed by atoms with Crippen molar-refractivity contribution in [3.05, 3.63) is 46.3 Å². The summed E-state index contributed by atoms with van der Waals surface area (Å²) < 4.78 is 15.5. The lowest BCUT2D eigenvalue weighted by Crippen LogP contribution is -2.01. The molecule has 0 spiro atoms. The molecule has 0 unspecified atom stereocenters. The largest absolute Gasteiger partial charge is 0.365 e. The lowest BCUT2D eigenvalue weighted by molar-refractivity contribution is 0.625. The molecule has 3 nitrogen and oxygen atoms in total. The van der Waals surface area contributed by atoms with Gasteiger partial charge in [-0.2, -0.15) is 5.10 Å². The highest BCUT2D eigenvalue weighted by atomic mass is 79.9. The van der Waals surface area contributed by atoms with E-state index >= 15 is 0 Å². The summed E-state index contributed by atoms with van der Waals surface area (Å²) in [5, 5.41) is 7.29. The number of aromatic nitrogens is 2. The molecule has 0 atom stereocenters. The van der Waals surface area contributed by atoms with Gasteiger partial charge in [-0.05, 0) is 23.8 Å². The van der Waals surface area contributed by atoms with Crippen molar-refractivity contribution < 1.29 is 4.39 Å². The van der Waals surface area contributed by atoms with Crippen LogP contribution in [0.4, 0.5) is 10.2 Å². The number of rotatable bonds is 3. The Bertz CT molecular complexity index is 475. The smallest absolute Gasteiger partial charge is 0.148 e. The van der Waals surface area contributed by atoms with E-state index in [-0.39, 0.29) is 5.82 Å². The predicted molar refractivity (Wildman–Crippen MR) is 64.6 cm³/mol. The standard InChI is InChI=1S/C11H11BrFN3/c1-16-3-2-11(15-16)14-7-8-4-9(12)6-10(13)5-8/h2-6H,7H2,1H3,(H,14,15). The number of anilines is 1. The summed E-state index contributed by atoms with van der Waals surface area (Å²) in [4.78, 5) is 0. The second kappa shape index (κ2) is 4.65. The zero-order chi connectivity index (χ0) is 11.5. The average molecular weight is 284 g/mol. The summed E-state index contributed by atoms with van der Waals surface area (Å²) in [6, 6.07) is 6.68. The Morgan fingerprint density at radius 1 is 1.44 bits per heavy atom. The molecule has 0 radical (unpaired) electrons. The van der Waals surface area contributed by atoms with Crippen LogP contribution in [0.5, 0.6) is 0 Å². The van der Waals surface area contributed by atoms with Gasteiger partial charge in [0, 0.05) is 30.3 Å². The highest BCUT2D eigenvalue weighted by Crippen LogP contribution is 2.15. The van der Waals surface area contributed by atoms with Crippen molar-refractivity contribution in [2.24, 2.45) is 7.05 Å². The Labute approximate surface area is 101 Å². The van der Waals surface area contributed by atoms with Crippen LogP contribution in [0, 0.1) is 5.82 Å². The molecule has 1 heterocycles. The zero-order valence-corrected chi connectivity index (χ0v) is 10.3. The summed E-state index contributed by atoms with van der Waals surface area (Å²) in [5.74, 6) is 0.537. The summed E-state index contributed by atoms with van der Waals surface area (Å²) in [6.07, 6.45) is 1.85. The molecule has 0 aliphatic rings. The molecule has 1 N–H and O–H groups in total. The zero-order valence-electron chi connectivity index (χ0n) is 8.74. The minimum Gasteiger partial charge on any atom is -0.365 e. The van der Waals surface area contributed by atoms with Gasteiger partial charge in [-0.25, -0.2) is 4.39 Å². The van der Waals surface area contributed by atoms with Crippen molar-refractivity contribution in [2.75, 3.05) is 5.32 Å². The maximum atomic E-state index is 13.1. The first-order chi connectivity index (χ1) is 7.63. The molecule has 2 rings (SSSR count). The molecular weight excluding hydrogens is 273 g/mol. The Kier molecular flexibility index (Phi) is 3.24. The first-order valence-corrected chi connectivity index (χ1v) is 5.61. The van der Waals surface area contributed by atoms with Crippen LogP contribution in [-0.4, -0.2) is 9.78 Å². The monoisotopic (exact) mass is 283 g/mol. The minimum atomic E-state index is -0.243. The average Bonchev–Trinajstić information content (AvgIpc) is 2.60. The van der Waals surface area contributed by atoms with Crippen molar-refractivity contribution in [2.45, 2.75) is 6.54 Å². The third-order valence-electron chi connectivity index (χ3n) is 2.11. The van der Waals surface area contributed by atoms with Crippen LogP contribution in [0.15, 0.2) is 34.9 Å². The number of halogens is 2. The molecule has 16 heavy (non-hydrogen) atoms. The van der Waals surface area contributed by atoms with E-state index in [1.54, 1.807) is 4.68 Å². The van der Waals surface area contributed by atoms with Crippen LogP contribution in [-0.2, 0) is 13.6 Å². The van der Waals surface area contributed by atoms with E-state index in [0.717, 1.165) is 15.9 Å². The lowest BCUT2D eigenvalue weighted by Gasteiger charge is -2.04. The van der Waals surface area contributed by atoms with E-state index in [1.807, 2.05) is 25.4 Å². The van der Waals surface area contributed by atoms with Gasteiger partial charge in [0.1, 0.15) is 11.6 Å². The van der Waals surface area contributed by atoms with Crippen molar-refractivity contribution >= 4 is 21.7 Å². The van der Waals surface area contributed by atoms with Gasteiger partial charge in [0.25, 0.3) is 0 Å². The Hall–Kier alpha value is -1.36. The number of benzene rings is 1. The number of hydrogen-bond donors (Lipinski definition) is 1. The van der Waals surface area contributed by atoms with E-state index in [4.69, 9.17) is 0 Å². The lowest BCUT2D eigenvalue weighted by atomic mass is 10.2. The van der Waals surface area contributed by atoms with Crippen molar-refractivity contribution in [1.29, 1.82) is 0 Å². The van der Waals surface area contributed by atoms with Crippen LogP contribution in [0.2, 0.25) is 0 Å². The van der Waals surface area contributed by atoms with E-state index in [9.17, 15) is 4.39 Å². The van der Waals surface area contributed by atoms with E-state index in [2.05, 4.69) is 26.3 Å². The molecule has 2 aromatic rings. The molecule has 0 saturated heterocycles. The van der Waals surface area contributed by atoms with E-state index in [1.165, 1.54) is 12.1 Å². The molecule has 0 saturated carbocycles. The van der Waals surface area contributed by atoms with Crippen molar-refractivity contribution in [1.82, 2.24) is 9.78 Å². The highest BCUT2D eigenvalue weighted by Gasteiger charge is 2.00. The quantitative estimate of drug-likeness (QED) is 0.939. The molecule has 0 bridgehead atoms. The van der Waals surface area contributed by atoms with Crippen molar-refractivity contribution in [3.63, 3.8) is 0 Å². The fourth-order valence-electron chi connectivity index (χ4n) is 1.41. The second-order valence-corrected chi connectivity index (χ2v) is 4.42. The molecule has 84 valence electrons. The van der Waals surface area contributed by atoms with Crippen LogP contribution >= 0.6 is 15.9 Å². The van der Waals surface area contributed by atoms with Gasteiger partial charge in [0.05, 0.1) is 0 Å². The van der Waals surface area contributed by atoms with Crippen LogP contribution < -0.4 is 5.32 Å². The topological polar surface area (TPSA) is 29.9 Å². The maximum absolute atomic E-state index is 13.1. The van der Waals surface area contributed by atoms with Gasteiger partial charge in [0.15, 0.2) is 0 Å². The summed E-state index contributed by atoms with van der Waals surface area (Å²) in [7, 11) is 1.85. The molecule has 1 aromatic heterocycles. The van der Waals surface area contributed by atoms with Gasteiger partial charge in [-0.15, -0.1) is 0 Å². The molecular formula is C11H11BrFN3. The normalized spacial score (nSPS) is 10.4. The summed E-state index contributed by atoms with van der Waals surface area (Å²) in [6.45, 7) is 0.549. The molecule has 0 aliphatic carbocycles. The Morgan fingerprint density at radius 2 is 2.25 bits per heavy atom. The van der Waals surface area contributed by atoms with Crippen LogP contribution in [0.1, 0.15) is 5.56 Å². The molecule has 1 aromatic carbocycles. The van der Waals surface area contributed by atoms with Gasteiger partial charge in [0.2, 0.25) is 0 Å². The van der Waals surface area contributed by atoms with Gasteiger partial charge < -0.3 is 5.32 Å². The SMILES string of the molecule is Cn1ccc(NCc2cc(F)cc(Br)c2)n1. The number of nitrogens with one attached hydrogen (secondary N) is 1. The number of hydrogen-bond acceptors (Lipinski definition) is 2. The first-order valence-electron chi connectivity index (χ1n) is 4.82. The van der Waals surface area contributed by atoms with E-state index < -0.39 is 0 Å². The van der Waals surface area contributed by atoms with Gasteiger partial charge >= 0.3 is 0 Å². The number of aryl methyl sites for hydroxylation is 1. The Balaban J connectivity index is 2.04. The molecule has 0 aliphatic heterocycles. The van der Waals surface area contributed by atoms with E-state index in [0.29, 0.717) is 6.54 Å². The fourth-order valence-corrected chi connectivity index (χ4v) is 1.93. The Morgan fingerprint density at radius 3 is 2.88 bits per heavy atom. The van der Waals surface area contributed by atoms with Crippen LogP contribution in [0.3, 0.4) is 0 Å². The van der Waals surface area contributed by atoms with Gasteiger partial charge in [-0.3, -0.25) is 4.68 Å².